The highest BCUT2D eigenvalue weighted by atomic mass is 35.5. The molecule has 0 aliphatic heterocycles. The fraction of sp³-hybridized carbons (Fsp3) is 0.364. The van der Waals surface area contributed by atoms with Gasteiger partial charge in [-0.25, -0.2) is 0 Å². The van der Waals surface area contributed by atoms with Gasteiger partial charge in [0.1, 0.15) is 0 Å². The molecule has 0 amide bonds. The van der Waals surface area contributed by atoms with Crippen molar-refractivity contribution in [2.24, 2.45) is 0 Å². The van der Waals surface area contributed by atoms with Gasteiger partial charge in [0.25, 0.3) is 0 Å². The van der Waals surface area contributed by atoms with Gasteiger partial charge < -0.3 is 0 Å². The van der Waals surface area contributed by atoms with E-state index in [1.54, 1.807) is 6.07 Å². The van der Waals surface area contributed by atoms with E-state index in [2.05, 4.69) is 0 Å². The third-order valence-electron chi connectivity index (χ3n) is 1.94. The molecule has 1 aromatic carbocycles. The minimum atomic E-state index is -2.74. The van der Waals surface area contributed by atoms with Crippen molar-refractivity contribution < 1.29 is 8.22 Å². The van der Waals surface area contributed by atoms with Crippen LogP contribution in [0.25, 0.3) is 0 Å². The lowest BCUT2D eigenvalue weighted by Gasteiger charge is -2.35. The Balaban J connectivity index is 2.69. The highest BCUT2D eigenvalue weighted by Gasteiger charge is 2.38. The van der Waals surface area contributed by atoms with Crippen LogP contribution in [0.4, 0.5) is 0 Å². The number of benzene rings is 1. The molecular formula is C11H10ClN. The molecule has 13 heavy (non-hydrogen) atoms. The number of hydrogen-bond donors (Lipinski definition) is 0. The second-order valence-electron chi connectivity index (χ2n) is 2.74. The predicted octanol–water partition coefficient (Wildman–Crippen LogP) is 3.29. The number of halogens is 1. The third kappa shape index (κ3) is 1.32. The molecule has 0 unspecified atom stereocenters. The van der Waals surface area contributed by atoms with Gasteiger partial charge in [0, 0.05) is 13.2 Å². The van der Waals surface area contributed by atoms with Crippen LogP contribution < -0.4 is 0 Å². The van der Waals surface area contributed by atoms with Crippen molar-refractivity contribution in [1.29, 1.82) is 5.26 Å². The summed E-state index contributed by atoms with van der Waals surface area (Å²) in [6, 6.07) is 7.22. The Morgan fingerprint density at radius 3 is 2.54 bits per heavy atom. The maximum atomic E-state index is 9.33. The smallest absolute Gasteiger partial charge is 0.0822 e. The number of hydrogen-bond acceptors (Lipinski definition) is 1. The Kier molecular flexibility index (Phi) is 0.943. The van der Waals surface area contributed by atoms with Crippen LogP contribution in [-0.4, -0.2) is 0 Å². The first-order chi connectivity index (χ1) is 8.56. The van der Waals surface area contributed by atoms with E-state index < -0.39 is 24.5 Å². The van der Waals surface area contributed by atoms with Gasteiger partial charge in [-0.2, -0.15) is 5.26 Å². The van der Waals surface area contributed by atoms with Crippen LogP contribution in [0.1, 0.15) is 32.9 Å². The Morgan fingerprint density at radius 1 is 1.38 bits per heavy atom. The SMILES string of the molecule is [2H]C1([2H])C([2H])([2H])C(C#N)(c2ccc(Cl)cc2)C1([2H])[2H]. The number of nitriles is 1. The second-order valence-corrected chi connectivity index (χ2v) is 3.18. The first-order valence-electron chi connectivity index (χ1n) is 6.73. The van der Waals surface area contributed by atoms with Crippen LogP contribution in [0.3, 0.4) is 0 Å². The largest absolute Gasteiger partial charge is 0.197 e. The maximum Gasteiger partial charge on any atom is 0.0822 e. The molecule has 0 atom stereocenters. The van der Waals surface area contributed by atoms with E-state index in [0.29, 0.717) is 5.02 Å². The van der Waals surface area contributed by atoms with E-state index in [9.17, 15) is 5.26 Å². The minimum Gasteiger partial charge on any atom is -0.197 e. The van der Waals surface area contributed by atoms with Crippen molar-refractivity contribution in [2.45, 2.75) is 24.5 Å². The molecule has 1 aromatic rings. The van der Waals surface area contributed by atoms with Gasteiger partial charge in [0.05, 0.1) is 11.5 Å². The first kappa shape index (κ1) is 4.02. The summed E-state index contributed by atoms with van der Waals surface area (Å²) in [5.41, 5.74) is -2.10. The second kappa shape index (κ2) is 3.05. The zero-order chi connectivity index (χ0) is 14.7. The molecule has 1 aliphatic rings. The van der Waals surface area contributed by atoms with E-state index in [-0.39, 0.29) is 5.56 Å². The molecular weight excluding hydrogens is 182 g/mol. The van der Waals surface area contributed by atoms with Crippen LogP contribution in [0.5, 0.6) is 0 Å². The Labute approximate surface area is 91.4 Å². The number of nitrogens with zero attached hydrogens (tertiary/aromatic N) is 1. The standard InChI is InChI=1S/C11H10ClN/c12-10-4-2-9(3-5-10)11(8-13)6-1-7-11/h2-5H,1,6-7H2/i1D2,6D2,7D2. The highest BCUT2D eigenvalue weighted by molar-refractivity contribution is 6.30. The van der Waals surface area contributed by atoms with Crippen LogP contribution in [0.15, 0.2) is 24.3 Å². The average molecular weight is 198 g/mol. The molecule has 0 radical (unpaired) electrons. The molecule has 2 rings (SSSR count). The fourth-order valence-electron chi connectivity index (χ4n) is 1.15. The zero-order valence-electron chi connectivity index (χ0n) is 12.6. The summed E-state index contributed by atoms with van der Waals surface area (Å²) in [5.74, 6) is 0. The van der Waals surface area contributed by atoms with Crippen LogP contribution >= 0.6 is 11.6 Å². The van der Waals surface area contributed by atoms with Crippen LogP contribution in [-0.2, 0) is 5.41 Å². The van der Waals surface area contributed by atoms with E-state index in [1.165, 1.54) is 24.3 Å². The monoisotopic (exact) mass is 197 g/mol. The molecule has 0 N–H and O–H groups in total. The summed E-state index contributed by atoms with van der Waals surface area (Å²) in [4.78, 5) is 0. The van der Waals surface area contributed by atoms with E-state index >= 15 is 0 Å². The van der Waals surface area contributed by atoms with E-state index in [0.717, 1.165) is 0 Å². The van der Waals surface area contributed by atoms with Gasteiger partial charge in [0.2, 0.25) is 0 Å². The Bertz CT molecular complexity index is 542. The van der Waals surface area contributed by atoms with Crippen molar-refractivity contribution in [1.82, 2.24) is 0 Å². The zero-order valence-corrected chi connectivity index (χ0v) is 7.39. The summed E-state index contributed by atoms with van der Waals surface area (Å²) in [5, 5.41) is 9.71. The Morgan fingerprint density at radius 2 is 2.00 bits per heavy atom. The van der Waals surface area contributed by atoms with Crippen molar-refractivity contribution in [3.05, 3.63) is 34.9 Å². The minimum absolute atomic E-state index is 0.0875. The summed E-state index contributed by atoms with van der Waals surface area (Å²) >= 11 is 5.72. The quantitative estimate of drug-likeness (QED) is 0.678. The summed E-state index contributed by atoms with van der Waals surface area (Å²) < 4.78 is 46.4. The first-order valence-corrected chi connectivity index (χ1v) is 4.11. The summed E-state index contributed by atoms with van der Waals surface area (Å²) in [7, 11) is 0. The van der Waals surface area contributed by atoms with Gasteiger partial charge in [-0.3, -0.25) is 0 Å². The van der Waals surface area contributed by atoms with Crippen molar-refractivity contribution in [2.75, 3.05) is 0 Å². The van der Waals surface area contributed by atoms with Gasteiger partial charge in [-0.05, 0) is 36.8 Å². The topological polar surface area (TPSA) is 23.8 Å². The molecule has 0 heterocycles. The molecule has 1 saturated carbocycles. The normalized spacial score (nSPS) is 37.2. The van der Waals surface area contributed by atoms with Gasteiger partial charge in [0.15, 0.2) is 0 Å². The average Bonchev–Trinajstić information content (AvgIpc) is 2.31. The van der Waals surface area contributed by atoms with Crippen LogP contribution in [0, 0.1) is 11.3 Å². The molecule has 0 spiro atoms. The molecule has 1 nitrogen and oxygen atoms in total. The molecule has 0 bridgehead atoms. The highest BCUT2D eigenvalue weighted by Crippen LogP contribution is 2.43. The van der Waals surface area contributed by atoms with E-state index in [1.807, 2.05) is 0 Å². The van der Waals surface area contributed by atoms with Crippen molar-refractivity contribution in [3.63, 3.8) is 0 Å². The molecule has 1 fully saturated rings. The van der Waals surface area contributed by atoms with Crippen molar-refractivity contribution in [3.8, 4) is 6.07 Å². The lowest BCUT2D eigenvalue weighted by molar-refractivity contribution is 0.324. The molecule has 1 aliphatic carbocycles. The van der Waals surface area contributed by atoms with Crippen LogP contribution in [0.2, 0.25) is 5.02 Å². The van der Waals surface area contributed by atoms with Gasteiger partial charge >= 0.3 is 0 Å². The molecule has 2 heteroatoms. The molecule has 0 aromatic heterocycles. The van der Waals surface area contributed by atoms with Crippen molar-refractivity contribution >= 4 is 11.6 Å². The fourth-order valence-corrected chi connectivity index (χ4v) is 1.28. The number of rotatable bonds is 1. The van der Waals surface area contributed by atoms with E-state index in [4.69, 9.17) is 19.8 Å². The summed E-state index contributed by atoms with van der Waals surface area (Å²) in [6.07, 6.45) is -8.01. The Hall–Kier alpha value is -1.00. The summed E-state index contributed by atoms with van der Waals surface area (Å²) in [6.45, 7) is 0. The maximum absolute atomic E-state index is 9.33. The van der Waals surface area contributed by atoms with Gasteiger partial charge in [-0.1, -0.05) is 23.7 Å². The lowest BCUT2D eigenvalue weighted by atomic mass is 9.66. The molecule has 0 saturated heterocycles. The predicted molar refractivity (Wildman–Crippen MR) is 52.6 cm³/mol. The third-order valence-corrected chi connectivity index (χ3v) is 2.20. The molecule has 66 valence electrons. The lowest BCUT2D eigenvalue weighted by Crippen LogP contribution is -2.32. The van der Waals surface area contributed by atoms with Gasteiger partial charge in [-0.15, -0.1) is 0 Å².